The summed E-state index contributed by atoms with van der Waals surface area (Å²) >= 11 is 0. The van der Waals surface area contributed by atoms with Crippen LogP contribution in [0.1, 0.15) is 29.2 Å². The number of carbonyl (C=O) groups is 1. The quantitative estimate of drug-likeness (QED) is 0.538. The van der Waals surface area contributed by atoms with Crippen LogP contribution in [-0.4, -0.2) is 45.5 Å². The van der Waals surface area contributed by atoms with Crippen molar-refractivity contribution >= 4 is 22.6 Å². The summed E-state index contributed by atoms with van der Waals surface area (Å²) in [6, 6.07) is 11.7. The maximum Gasteiger partial charge on any atom is 0.326 e. The van der Waals surface area contributed by atoms with Gasteiger partial charge in [-0.2, -0.15) is 0 Å². The number of nitrogens with one attached hydrogen (secondary N) is 1. The fourth-order valence-corrected chi connectivity index (χ4v) is 3.91. The molecule has 9 heteroatoms. The van der Waals surface area contributed by atoms with Crippen LogP contribution in [0.15, 0.2) is 47.3 Å². The predicted octanol–water partition coefficient (Wildman–Crippen LogP) is 2.72. The van der Waals surface area contributed by atoms with Crippen molar-refractivity contribution in [2.45, 2.75) is 18.9 Å². The molecule has 4 rings (SSSR count). The van der Waals surface area contributed by atoms with Crippen molar-refractivity contribution in [1.82, 2.24) is 14.5 Å². The second kappa shape index (κ2) is 7.42. The molecule has 9 nitrogen and oxygen atoms in total. The van der Waals surface area contributed by atoms with E-state index < -0.39 is 4.92 Å². The van der Waals surface area contributed by atoms with Gasteiger partial charge in [-0.05, 0) is 37.1 Å². The first-order valence-electron chi connectivity index (χ1n) is 9.30. The van der Waals surface area contributed by atoms with Crippen molar-refractivity contribution in [1.29, 1.82) is 0 Å². The Hall–Kier alpha value is -3.62. The Kier molecular flexibility index (Phi) is 4.79. The molecule has 2 aromatic carbocycles. The number of aromatic nitrogens is 2. The van der Waals surface area contributed by atoms with Crippen molar-refractivity contribution in [3.05, 3.63) is 68.6 Å². The lowest BCUT2D eigenvalue weighted by Crippen LogP contribution is -2.40. The van der Waals surface area contributed by atoms with Crippen LogP contribution in [0.5, 0.6) is 5.75 Å². The molecule has 1 aliphatic rings. The number of fused-ring (bicyclic) bond motifs is 1. The van der Waals surface area contributed by atoms with Crippen LogP contribution in [0.3, 0.4) is 0 Å². The highest BCUT2D eigenvalue weighted by Gasteiger charge is 2.28. The Labute approximate surface area is 165 Å². The molecular formula is C20H20N4O5. The summed E-state index contributed by atoms with van der Waals surface area (Å²) in [5.41, 5.74) is 1.51. The fraction of sp³-hybridized carbons (Fsp3) is 0.300. The van der Waals surface area contributed by atoms with E-state index in [0.717, 1.165) is 11.0 Å². The second-order valence-electron chi connectivity index (χ2n) is 6.98. The highest BCUT2D eigenvalue weighted by atomic mass is 16.6. The van der Waals surface area contributed by atoms with Crippen LogP contribution in [0, 0.1) is 10.1 Å². The number of amides is 1. The lowest BCUT2D eigenvalue weighted by molar-refractivity contribution is -0.385. The van der Waals surface area contributed by atoms with Gasteiger partial charge in [0.05, 0.1) is 23.1 Å². The number of hydrogen-bond donors (Lipinski definition) is 1. The van der Waals surface area contributed by atoms with Gasteiger partial charge in [0.1, 0.15) is 0 Å². The van der Waals surface area contributed by atoms with Crippen LogP contribution in [-0.2, 0) is 0 Å². The van der Waals surface area contributed by atoms with E-state index in [-0.39, 0.29) is 34.6 Å². The van der Waals surface area contributed by atoms with E-state index >= 15 is 0 Å². The molecule has 150 valence electrons. The molecule has 0 atom stereocenters. The third-order valence-corrected chi connectivity index (χ3v) is 5.36. The van der Waals surface area contributed by atoms with E-state index in [0.29, 0.717) is 25.9 Å². The highest BCUT2D eigenvalue weighted by Crippen LogP contribution is 2.30. The number of carbonyl (C=O) groups excluding carboxylic acids is 1. The first-order valence-corrected chi connectivity index (χ1v) is 9.30. The van der Waals surface area contributed by atoms with Gasteiger partial charge in [0.15, 0.2) is 5.75 Å². The molecule has 0 saturated carbocycles. The molecule has 0 bridgehead atoms. The number of piperidine rings is 1. The largest absolute Gasteiger partial charge is 0.490 e. The summed E-state index contributed by atoms with van der Waals surface area (Å²) in [7, 11) is 1.35. The van der Waals surface area contributed by atoms with Gasteiger partial charge in [0.2, 0.25) is 0 Å². The molecule has 29 heavy (non-hydrogen) atoms. The molecule has 1 amide bonds. The number of nitro benzene ring substituents is 1. The SMILES string of the molecule is COc1ccc(C(=O)N2CCC(n3c(=O)[nH]c4ccccc43)CC2)cc1[N+](=O)[O-]. The maximum absolute atomic E-state index is 12.8. The Balaban J connectivity index is 1.52. The van der Waals surface area contributed by atoms with Gasteiger partial charge in [-0.25, -0.2) is 4.79 Å². The fourth-order valence-electron chi connectivity index (χ4n) is 3.91. The first kappa shape index (κ1) is 18.7. The number of benzene rings is 2. The molecule has 0 radical (unpaired) electrons. The summed E-state index contributed by atoms with van der Waals surface area (Å²) in [5.74, 6) is -0.149. The normalized spacial score (nSPS) is 14.9. The molecule has 1 aliphatic heterocycles. The summed E-state index contributed by atoms with van der Waals surface area (Å²) < 4.78 is 6.75. The zero-order valence-electron chi connectivity index (χ0n) is 15.8. The number of para-hydroxylation sites is 2. The minimum atomic E-state index is -0.564. The van der Waals surface area contributed by atoms with Gasteiger partial charge in [0.25, 0.3) is 5.91 Å². The Morgan fingerprint density at radius 1 is 1.21 bits per heavy atom. The van der Waals surface area contributed by atoms with Gasteiger partial charge in [-0.3, -0.25) is 19.5 Å². The number of aromatic amines is 1. The number of nitro groups is 1. The second-order valence-corrected chi connectivity index (χ2v) is 6.98. The molecule has 3 aromatic rings. The third-order valence-electron chi connectivity index (χ3n) is 5.36. The van der Waals surface area contributed by atoms with Gasteiger partial charge >= 0.3 is 11.4 Å². The lowest BCUT2D eigenvalue weighted by Gasteiger charge is -2.32. The third kappa shape index (κ3) is 3.35. The molecule has 0 spiro atoms. The van der Waals surface area contributed by atoms with Crippen molar-refractivity contribution in [2.75, 3.05) is 20.2 Å². The van der Waals surface area contributed by atoms with E-state index in [1.807, 2.05) is 24.3 Å². The van der Waals surface area contributed by atoms with Crippen molar-refractivity contribution in [2.24, 2.45) is 0 Å². The van der Waals surface area contributed by atoms with Gasteiger partial charge in [0, 0.05) is 30.8 Å². The topological polar surface area (TPSA) is 110 Å². The molecule has 0 aliphatic carbocycles. The van der Waals surface area contributed by atoms with Crippen molar-refractivity contribution in [3.8, 4) is 5.75 Å². The predicted molar refractivity (Wildman–Crippen MR) is 106 cm³/mol. The number of nitrogens with zero attached hydrogens (tertiary/aromatic N) is 3. The summed E-state index contributed by atoms with van der Waals surface area (Å²) in [6.45, 7) is 0.935. The summed E-state index contributed by atoms with van der Waals surface area (Å²) in [5, 5.41) is 11.2. The van der Waals surface area contributed by atoms with Crippen LogP contribution >= 0.6 is 0 Å². The minimum absolute atomic E-state index is 0.00657. The van der Waals surface area contributed by atoms with E-state index in [1.54, 1.807) is 9.47 Å². The minimum Gasteiger partial charge on any atom is -0.490 e. The maximum atomic E-state index is 12.8. The summed E-state index contributed by atoms with van der Waals surface area (Å²) in [4.78, 5) is 40.4. The zero-order valence-corrected chi connectivity index (χ0v) is 15.8. The van der Waals surface area contributed by atoms with Gasteiger partial charge < -0.3 is 14.6 Å². The van der Waals surface area contributed by atoms with Crippen LogP contribution in [0.2, 0.25) is 0 Å². The first-order chi connectivity index (χ1) is 14.0. The molecule has 2 heterocycles. The number of H-pyrrole nitrogens is 1. The Morgan fingerprint density at radius 3 is 2.62 bits per heavy atom. The monoisotopic (exact) mass is 396 g/mol. The smallest absolute Gasteiger partial charge is 0.326 e. The van der Waals surface area contributed by atoms with E-state index in [4.69, 9.17) is 4.74 Å². The number of ether oxygens (including phenoxy) is 1. The van der Waals surface area contributed by atoms with Gasteiger partial charge in [-0.15, -0.1) is 0 Å². The Bertz CT molecular complexity index is 1140. The average molecular weight is 396 g/mol. The standard InChI is InChI=1S/C20H20N4O5/c1-29-18-7-6-13(12-17(18)24(27)28)19(25)22-10-8-14(9-11-22)23-16-5-3-2-4-15(16)21-20(23)26/h2-7,12,14H,8-11H2,1H3,(H,21,26). The van der Waals surface area contributed by atoms with Gasteiger partial charge in [-0.1, -0.05) is 12.1 Å². The number of methoxy groups -OCH3 is 1. The van der Waals surface area contributed by atoms with E-state index in [1.165, 1.54) is 25.3 Å². The van der Waals surface area contributed by atoms with Crippen LogP contribution in [0.4, 0.5) is 5.69 Å². The van der Waals surface area contributed by atoms with Crippen LogP contribution < -0.4 is 10.4 Å². The number of likely N-dealkylation sites (tertiary alicyclic amines) is 1. The van der Waals surface area contributed by atoms with E-state index in [2.05, 4.69) is 4.98 Å². The molecule has 1 N–H and O–H groups in total. The van der Waals surface area contributed by atoms with E-state index in [9.17, 15) is 19.7 Å². The Morgan fingerprint density at radius 2 is 1.93 bits per heavy atom. The number of hydrogen-bond acceptors (Lipinski definition) is 5. The summed E-state index contributed by atoms with van der Waals surface area (Å²) in [6.07, 6.45) is 1.26. The molecule has 1 aromatic heterocycles. The molecular weight excluding hydrogens is 376 g/mol. The number of rotatable bonds is 4. The highest BCUT2D eigenvalue weighted by molar-refractivity contribution is 5.95. The lowest BCUT2D eigenvalue weighted by atomic mass is 10.0. The van der Waals surface area contributed by atoms with Crippen LogP contribution in [0.25, 0.3) is 11.0 Å². The average Bonchev–Trinajstić information content (AvgIpc) is 3.08. The molecule has 0 unspecified atom stereocenters. The number of imidazole rings is 1. The molecule has 1 saturated heterocycles. The molecule has 1 fully saturated rings. The van der Waals surface area contributed by atoms with Crippen molar-refractivity contribution < 1.29 is 14.5 Å². The van der Waals surface area contributed by atoms with Crippen molar-refractivity contribution in [3.63, 3.8) is 0 Å². The zero-order chi connectivity index (χ0) is 20.5.